The number of hydrogen-bond acceptors (Lipinski definition) is 4. The van der Waals surface area contributed by atoms with Crippen LogP contribution in [0.25, 0.3) is 11.0 Å². The molecule has 0 saturated carbocycles. The van der Waals surface area contributed by atoms with Gasteiger partial charge in [0, 0.05) is 25.3 Å². The van der Waals surface area contributed by atoms with Gasteiger partial charge >= 0.3 is 0 Å². The third-order valence-electron chi connectivity index (χ3n) is 4.59. The molecule has 3 rings (SSSR count). The first-order valence-electron chi connectivity index (χ1n) is 8.65. The molecule has 1 aliphatic rings. The molecule has 5 nitrogen and oxygen atoms in total. The van der Waals surface area contributed by atoms with Crippen molar-refractivity contribution < 1.29 is 0 Å². The molecule has 2 aromatic heterocycles. The maximum Gasteiger partial charge on any atom is 0.142 e. The SMILES string of the molecule is CCCCCCNC1CCN(c2ncnc3[nH]ccc23)CC1. The minimum absolute atomic E-state index is 0.668. The Morgan fingerprint density at radius 3 is 2.91 bits per heavy atom. The fourth-order valence-electron chi connectivity index (χ4n) is 3.26. The summed E-state index contributed by atoms with van der Waals surface area (Å²) in [6, 6.07) is 2.74. The van der Waals surface area contributed by atoms with Crippen molar-refractivity contribution in [3.63, 3.8) is 0 Å². The highest BCUT2D eigenvalue weighted by atomic mass is 15.2. The predicted molar refractivity (Wildman–Crippen MR) is 91.3 cm³/mol. The molecule has 1 aliphatic heterocycles. The summed E-state index contributed by atoms with van der Waals surface area (Å²) in [5.74, 6) is 1.08. The predicted octanol–water partition coefficient (Wildman–Crippen LogP) is 3.10. The van der Waals surface area contributed by atoms with Crippen molar-refractivity contribution in [1.82, 2.24) is 20.3 Å². The third kappa shape index (κ3) is 3.58. The van der Waals surface area contributed by atoms with Gasteiger partial charge in [-0.15, -0.1) is 0 Å². The monoisotopic (exact) mass is 301 g/mol. The number of aromatic nitrogens is 3. The van der Waals surface area contributed by atoms with Crippen molar-refractivity contribution in [2.45, 2.75) is 51.5 Å². The standard InChI is InChI=1S/C17H27N5/c1-2-3-4-5-9-18-14-7-11-22(12-8-14)17-15-6-10-19-16(15)20-13-21-17/h6,10,13-14,18H,2-5,7-9,11-12H2,1H3,(H,19,20,21). The number of H-pyrrole nitrogens is 1. The van der Waals surface area contributed by atoms with Gasteiger partial charge in [0.25, 0.3) is 0 Å². The first kappa shape index (κ1) is 15.3. The molecule has 120 valence electrons. The number of nitrogens with one attached hydrogen (secondary N) is 2. The lowest BCUT2D eigenvalue weighted by atomic mass is 10.0. The van der Waals surface area contributed by atoms with Gasteiger partial charge < -0.3 is 15.2 Å². The van der Waals surface area contributed by atoms with Crippen LogP contribution in [0.1, 0.15) is 45.4 Å². The molecular formula is C17H27N5. The van der Waals surface area contributed by atoms with E-state index in [0.717, 1.165) is 29.9 Å². The van der Waals surface area contributed by atoms with Gasteiger partial charge in [-0.3, -0.25) is 0 Å². The Morgan fingerprint density at radius 1 is 1.23 bits per heavy atom. The summed E-state index contributed by atoms with van der Waals surface area (Å²) >= 11 is 0. The Kier molecular flexibility index (Phi) is 5.27. The maximum absolute atomic E-state index is 4.50. The summed E-state index contributed by atoms with van der Waals surface area (Å²) in [5.41, 5.74) is 0.932. The van der Waals surface area contributed by atoms with Crippen LogP contribution in [0.15, 0.2) is 18.6 Å². The molecule has 0 amide bonds. The lowest BCUT2D eigenvalue weighted by molar-refractivity contribution is 0.408. The van der Waals surface area contributed by atoms with Crippen molar-refractivity contribution >= 4 is 16.9 Å². The highest BCUT2D eigenvalue weighted by Gasteiger charge is 2.21. The van der Waals surface area contributed by atoms with Gasteiger partial charge in [-0.25, -0.2) is 9.97 Å². The zero-order chi connectivity index (χ0) is 15.2. The number of piperidine rings is 1. The lowest BCUT2D eigenvalue weighted by Gasteiger charge is -2.33. The fraction of sp³-hybridized carbons (Fsp3) is 0.647. The van der Waals surface area contributed by atoms with E-state index in [1.165, 1.54) is 45.1 Å². The Labute approximate surface area is 132 Å². The number of aromatic amines is 1. The van der Waals surface area contributed by atoms with Crippen LogP contribution in [0.4, 0.5) is 5.82 Å². The average Bonchev–Trinajstić information content (AvgIpc) is 3.04. The van der Waals surface area contributed by atoms with Gasteiger partial charge in [0.15, 0.2) is 0 Å². The third-order valence-corrected chi connectivity index (χ3v) is 4.59. The second-order valence-corrected chi connectivity index (χ2v) is 6.21. The molecule has 0 unspecified atom stereocenters. The van der Waals surface area contributed by atoms with E-state index in [1.54, 1.807) is 6.33 Å². The second kappa shape index (κ2) is 7.58. The van der Waals surface area contributed by atoms with E-state index in [0.29, 0.717) is 6.04 Å². The normalized spacial score (nSPS) is 16.5. The molecule has 5 heteroatoms. The van der Waals surface area contributed by atoms with Crippen molar-refractivity contribution in [3.05, 3.63) is 18.6 Å². The van der Waals surface area contributed by atoms with E-state index in [-0.39, 0.29) is 0 Å². The molecule has 0 spiro atoms. The maximum atomic E-state index is 4.50. The van der Waals surface area contributed by atoms with E-state index in [9.17, 15) is 0 Å². The molecule has 1 saturated heterocycles. The van der Waals surface area contributed by atoms with Gasteiger partial charge in [-0.05, 0) is 31.9 Å². The Hall–Kier alpha value is -1.62. The number of nitrogens with zero attached hydrogens (tertiary/aromatic N) is 3. The first-order valence-corrected chi connectivity index (χ1v) is 8.65. The summed E-state index contributed by atoms with van der Waals surface area (Å²) in [5, 5.41) is 4.85. The minimum atomic E-state index is 0.668. The molecule has 2 N–H and O–H groups in total. The van der Waals surface area contributed by atoms with Crippen LogP contribution in [0.3, 0.4) is 0 Å². The van der Waals surface area contributed by atoms with Crippen LogP contribution in [-0.2, 0) is 0 Å². The molecular weight excluding hydrogens is 274 g/mol. The number of anilines is 1. The van der Waals surface area contributed by atoms with Crippen LogP contribution in [0.2, 0.25) is 0 Å². The largest absolute Gasteiger partial charge is 0.356 e. The quantitative estimate of drug-likeness (QED) is 0.772. The summed E-state index contributed by atoms with van der Waals surface area (Å²) < 4.78 is 0. The number of rotatable bonds is 7. The van der Waals surface area contributed by atoms with Crippen molar-refractivity contribution in [3.8, 4) is 0 Å². The molecule has 0 aliphatic carbocycles. The van der Waals surface area contributed by atoms with Gasteiger partial charge in [-0.1, -0.05) is 26.2 Å². The molecule has 2 aromatic rings. The highest BCUT2D eigenvalue weighted by molar-refractivity contribution is 5.87. The zero-order valence-corrected chi connectivity index (χ0v) is 13.5. The van der Waals surface area contributed by atoms with Gasteiger partial charge in [0.1, 0.15) is 17.8 Å². The van der Waals surface area contributed by atoms with E-state index in [2.05, 4.69) is 38.2 Å². The van der Waals surface area contributed by atoms with Crippen LogP contribution in [-0.4, -0.2) is 40.6 Å². The summed E-state index contributed by atoms with van der Waals surface area (Å²) in [6.45, 7) is 5.58. The molecule has 0 aromatic carbocycles. The molecule has 0 atom stereocenters. The summed E-state index contributed by atoms with van der Waals surface area (Å²) in [4.78, 5) is 14.3. The van der Waals surface area contributed by atoms with Crippen LogP contribution >= 0.6 is 0 Å². The number of fused-ring (bicyclic) bond motifs is 1. The number of hydrogen-bond donors (Lipinski definition) is 2. The van der Waals surface area contributed by atoms with E-state index in [4.69, 9.17) is 0 Å². The molecule has 0 radical (unpaired) electrons. The van der Waals surface area contributed by atoms with Gasteiger partial charge in [0.2, 0.25) is 0 Å². The van der Waals surface area contributed by atoms with Crippen LogP contribution in [0.5, 0.6) is 0 Å². The van der Waals surface area contributed by atoms with Crippen molar-refractivity contribution in [2.24, 2.45) is 0 Å². The van der Waals surface area contributed by atoms with E-state index in [1.807, 2.05) is 6.20 Å². The smallest absolute Gasteiger partial charge is 0.142 e. The van der Waals surface area contributed by atoms with Crippen molar-refractivity contribution in [1.29, 1.82) is 0 Å². The Balaban J connectivity index is 1.48. The molecule has 3 heterocycles. The van der Waals surface area contributed by atoms with Crippen LogP contribution in [0, 0.1) is 0 Å². The number of unbranched alkanes of at least 4 members (excludes halogenated alkanes) is 3. The van der Waals surface area contributed by atoms with Gasteiger partial charge in [-0.2, -0.15) is 0 Å². The highest BCUT2D eigenvalue weighted by Crippen LogP contribution is 2.24. The molecule has 1 fully saturated rings. The minimum Gasteiger partial charge on any atom is -0.356 e. The Morgan fingerprint density at radius 2 is 2.09 bits per heavy atom. The topological polar surface area (TPSA) is 56.8 Å². The molecule has 0 bridgehead atoms. The summed E-state index contributed by atoms with van der Waals surface area (Å²) in [6.07, 6.45) is 11.3. The van der Waals surface area contributed by atoms with Gasteiger partial charge in [0.05, 0.1) is 5.39 Å². The lowest BCUT2D eigenvalue weighted by Crippen LogP contribution is -2.43. The van der Waals surface area contributed by atoms with Crippen molar-refractivity contribution in [2.75, 3.05) is 24.5 Å². The van der Waals surface area contributed by atoms with E-state index < -0.39 is 0 Å². The summed E-state index contributed by atoms with van der Waals surface area (Å²) in [7, 11) is 0. The average molecular weight is 301 g/mol. The second-order valence-electron chi connectivity index (χ2n) is 6.21. The fourth-order valence-corrected chi connectivity index (χ4v) is 3.26. The zero-order valence-electron chi connectivity index (χ0n) is 13.5. The molecule has 22 heavy (non-hydrogen) atoms. The first-order chi connectivity index (χ1) is 10.9. The van der Waals surface area contributed by atoms with E-state index >= 15 is 0 Å². The van der Waals surface area contributed by atoms with Crippen LogP contribution < -0.4 is 10.2 Å². The Bertz CT molecular complexity index is 571.